The Kier molecular flexibility index (Phi) is 4.39. The molecule has 0 heterocycles. The molecule has 2 aliphatic rings. The topological polar surface area (TPSA) is 17.1 Å². The lowest BCUT2D eigenvalue weighted by atomic mass is 10.0. The van der Waals surface area contributed by atoms with Gasteiger partial charge in [-0.3, -0.25) is 4.79 Å². The Labute approximate surface area is 107 Å². The quantitative estimate of drug-likeness (QED) is 0.505. The molecule has 88 valence electrons. The molecule has 0 spiro atoms. The summed E-state index contributed by atoms with van der Waals surface area (Å²) in [5.41, 5.74) is 13.4. The third-order valence-electron chi connectivity index (χ3n) is 2.76. The zero-order valence-corrected chi connectivity index (χ0v) is 10.2. The number of rotatable bonds is 6. The second kappa shape index (κ2) is 6.48. The molecule has 0 unspecified atom stereocenters. The van der Waals surface area contributed by atoms with Crippen molar-refractivity contribution in [1.82, 2.24) is 0 Å². The van der Waals surface area contributed by atoms with Crippen molar-refractivity contribution < 1.29 is 4.79 Å². The lowest BCUT2D eigenvalue weighted by Crippen LogP contribution is -2.00. The van der Waals surface area contributed by atoms with Crippen molar-refractivity contribution in [3.05, 3.63) is 70.5 Å². The maximum atomic E-state index is 11.8. The average Bonchev–Trinajstić information content (AvgIpc) is 2.45. The minimum absolute atomic E-state index is 0.149. The molecular weight excluding hydrogens is 220 g/mol. The highest BCUT2D eigenvalue weighted by Gasteiger charge is 2.06. The van der Waals surface area contributed by atoms with Crippen LogP contribution in [0.5, 0.6) is 0 Å². The van der Waals surface area contributed by atoms with Crippen LogP contribution in [0.25, 0.3) is 0 Å². The maximum Gasteiger partial charge on any atom is 0.171 e. The van der Waals surface area contributed by atoms with Crippen molar-refractivity contribution in [3.63, 3.8) is 0 Å². The fourth-order valence-corrected chi connectivity index (χ4v) is 1.79. The van der Waals surface area contributed by atoms with Gasteiger partial charge in [0.1, 0.15) is 0 Å². The molecule has 0 aromatic rings. The second-order valence-corrected chi connectivity index (χ2v) is 4.16. The van der Waals surface area contributed by atoms with Crippen LogP contribution < -0.4 is 0 Å². The Morgan fingerprint density at radius 2 is 1.78 bits per heavy atom. The van der Waals surface area contributed by atoms with Gasteiger partial charge < -0.3 is 0 Å². The predicted octanol–water partition coefficient (Wildman–Crippen LogP) is 3.73. The molecule has 0 saturated carbocycles. The molecule has 0 fully saturated rings. The number of ketones is 1. The van der Waals surface area contributed by atoms with Gasteiger partial charge in [0.15, 0.2) is 5.78 Å². The van der Waals surface area contributed by atoms with Gasteiger partial charge in [-0.25, -0.2) is 0 Å². The molecule has 1 nitrogen and oxygen atoms in total. The number of carbonyl (C=O) groups is 1. The number of hydrogen-bond donors (Lipinski definition) is 0. The third-order valence-corrected chi connectivity index (χ3v) is 2.76. The van der Waals surface area contributed by atoms with Gasteiger partial charge >= 0.3 is 0 Å². The van der Waals surface area contributed by atoms with E-state index < -0.39 is 0 Å². The summed E-state index contributed by atoms with van der Waals surface area (Å²) >= 11 is 0. The number of unbranched alkanes of at least 4 members (excludes halogenated alkanes) is 1. The van der Waals surface area contributed by atoms with Crippen molar-refractivity contribution in [1.29, 1.82) is 0 Å². The monoisotopic (exact) mass is 234 g/mol. The molecule has 1 heteroatoms. The molecule has 0 atom stereocenters. The number of allylic oxidation sites excluding steroid dienone is 8. The number of Topliss-reactive ketones (excluding diaryl/α,β-unsaturated/α-hetero) is 1. The number of hydrogen-bond acceptors (Lipinski definition) is 1. The first-order valence-electron chi connectivity index (χ1n) is 6.15. The van der Waals surface area contributed by atoms with E-state index in [0.717, 1.165) is 24.8 Å². The largest absolute Gasteiger partial charge is 0.293 e. The standard InChI is InChI=1S/C17H14O/c18-17(16-12-5-2-6-13-16)14-8-7-11-15-9-3-1-4-10-15/h1-3,5,9,12H,7-8,11,14H2. The molecule has 0 N–H and O–H groups in total. The molecule has 2 rings (SSSR count). The SMILES string of the molecule is O=C(CCCCC1=C=C=CC=C1)C1=C=C=CC=C1. The van der Waals surface area contributed by atoms with E-state index in [4.69, 9.17) is 0 Å². The van der Waals surface area contributed by atoms with Crippen molar-refractivity contribution in [2.75, 3.05) is 0 Å². The molecular formula is C17H14O. The highest BCUT2D eigenvalue weighted by Crippen LogP contribution is 2.13. The fraction of sp³-hybridized carbons (Fsp3) is 0.235. The average molecular weight is 234 g/mol. The van der Waals surface area contributed by atoms with Crippen LogP contribution in [0.4, 0.5) is 0 Å². The van der Waals surface area contributed by atoms with Crippen LogP contribution in [-0.4, -0.2) is 5.78 Å². The van der Waals surface area contributed by atoms with Crippen LogP contribution in [0.1, 0.15) is 25.7 Å². The molecule has 0 amide bonds. The first kappa shape index (κ1) is 12.2. The van der Waals surface area contributed by atoms with Crippen LogP contribution in [0.15, 0.2) is 70.5 Å². The van der Waals surface area contributed by atoms with Gasteiger partial charge in [0, 0.05) is 12.0 Å². The van der Waals surface area contributed by atoms with E-state index >= 15 is 0 Å². The smallest absolute Gasteiger partial charge is 0.171 e. The van der Waals surface area contributed by atoms with E-state index in [1.54, 1.807) is 12.2 Å². The van der Waals surface area contributed by atoms with E-state index in [9.17, 15) is 4.79 Å². The lowest BCUT2D eigenvalue weighted by molar-refractivity contribution is -0.115. The van der Waals surface area contributed by atoms with E-state index in [2.05, 4.69) is 22.9 Å². The minimum Gasteiger partial charge on any atom is -0.293 e. The molecule has 0 aliphatic heterocycles. The number of carbonyl (C=O) groups excluding carboxylic acids is 1. The summed E-state index contributed by atoms with van der Waals surface area (Å²) < 4.78 is 0. The van der Waals surface area contributed by atoms with Gasteiger partial charge in [-0.1, -0.05) is 41.2 Å². The minimum atomic E-state index is 0.149. The van der Waals surface area contributed by atoms with Crippen LogP contribution in [0.2, 0.25) is 0 Å². The van der Waals surface area contributed by atoms with Gasteiger partial charge in [-0.05, 0) is 37.5 Å². The second-order valence-electron chi connectivity index (χ2n) is 4.16. The van der Waals surface area contributed by atoms with Crippen LogP contribution in [-0.2, 0) is 4.79 Å². The molecule has 0 aromatic heterocycles. The molecule has 0 saturated heterocycles. The molecule has 18 heavy (non-hydrogen) atoms. The predicted molar refractivity (Wildman–Crippen MR) is 72.0 cm³/mol. The Morgan fingerprint density at radius 3 is 2.44 bits per heavy atom. The van der Waals surface area contributed by atoms with Gasteiger partial charge in [0.25, 0.3) is 0 Å². The Morgan fingerprint density at radius 1 is 1.00 bits per heavy atom. The van der Waals surface area contributed by atoms with Crippen molar-refractivity contribution >= 4 is 5.78 Å². The molecule has 0 aromatic carbocycles. The van der Waals surface area contributed by atoms with Gasteiger partial charge in [-0.15, -0.1) is 0 Å². The van der Waals surface area contributed by atoms with E-state index in [0.29, 0.717) is 12.0 Å². The Hall–Kier alpha value is -2.25. The third kappa shape index (κ3) is 3.65. The first-order chi connectivity index (χ1) is 8.86. The first-order valence-corrected chi connectivity index (χ1v) is 6.15. The van der Waals surface area contributed by atoms with Crippen molar-refractivity contribution in [2.45, 2.75) is 25.7 Å². The van der Waals surface area contributed by atoms with Crippen LogP contribution in [0, 0.1) is 0 Å². The summed E-state index contributed by atoms with van der Waals surface area (Å²) in [6.07, 6.45) is 14.6. The van der Waals surface area contributed by atoms with Gasteiger partial charge in [0.05, 0.1) is 5.57 Å². The van der Waals surface area contributed by atoms with Crippen LogP contribution >= 0.6 is 0 Å². The van der Waals surface area contributed by atoms with Crippen LogP contribution in [0.3, 0.4) is 0 Å². The summed E-state index contributed by atoms with van der Waals surface area (Å²) in [7, 11) is 0. The highest BCUT2D eigenvalue weighted by molar-refractivity contribution is 5.97. The summed E-state index contributed by atoms with van der Waals surface area (Å²) in [5, 5.41) is 0. The summed E-state index contributed by atoms with van der Waals surface area (Å²) in [6.45, 7) is 0. The molecule has 0 bridgehead atoms. The zero-order chi connectivity index (χ0) is 12.6. The lowest BCUT2D eigenvalue weighted by Gasteiger charge is -2.01. The molecule has 2 aliphatic carbocycles. The van der Waals surface area contributed by atoms with Crippen molar-refractivity contribution in [3.8, 4) is 0 Å². The van der Waals surface area contributed by atoms with Crippen molar-refractivity contribution in [2.24, 2.45) is 0 Å². The molecule has 0 radical (unpaired) electrons. The van der Waals surface area contributed by atoms with E-state index in [1.165, 1.54) is 0 Å². The van der Waals surface area contributed by atoms with Gasteiger partial charge in [0.2, 0.25) is 0 Å². The maximum absolute atomic E-state index is 11.8. The Balaban J connectivity index is 1.75. The fourth-order valence-electron chi connectivity index (χ4n) is 1.79. The Bertz CT molecular complexity index is 600. The zero-order valence-electron chi connectivity index (χ0n) is 10.2. The van der Waals surface area contributed by atoms with Gasteiger partial charge in [-0.2, -0.15) is 0 Å². The van der Waals surface area contributed by atoms with E-state index in [1.807, 2.05) is 24.3 Å². The summed E-state index contributed by atoms with van der Waals surface area (Å²) in [5.74, 6) is 0.149. The highest BCUT2D eigenvalue weighted by atomic mass is 16.1. The normalized spacial score (nSPS) is 14.9. The van der Waals surface area contributed by atoms with E-state index in [-0.39, 0.29) is 5.78 Å². The summed E-state index contributed by atoms with van der Waals surface area (Å²) in [4.78, 5) is 11.8. The summed E-state index contributed by atoms with van der Waals surface area (Å²) in [6, 6.07) is 0.